The molecule has 4 nitrogen and oxygen atoms in total. The average molecular weight is 288 g/mol. The van der Waals surface area contributed by atoms with E-state index in [0.29, 0.717) is 0 Å². The minimum Gasteiger partial charge on any atom is -0.327 e. The van der Waals surface area contributed by atoms with E-state index in [0.717, 1.165) is 23.7 Å². The molecule has 0 radical (unpaired) electrons. The quantitative estimate of drug-likeness (QED) is 0.885. The summed E-state index contributed by atoms with van der Waals surface area (Å²) in [5.74, 6) is 0.976. The second-order valence-electron chi connectivity index (χ2n) is 5.16. The Kier molecular flexibility index (Phi) is 4.58. The molecular formula is C15H20N4S. The number of nitrogens with one attached hydrogen (secondary N) is 1. The van der Waals surface area contributed by atoms with Gasteiger partial charge in [0.2, 0.25) is 0 Å². The lowest BCUT2D eigenvalue weighted by Crippen LogP contribution is -2.42. The second-order valence-corrected chi connectivity index (χ2v) is 6.11. The Labute approximate surface area is 124 Å². The zero-order valence-electron chi connectivity index (χ0n) is 12.1. The van der Waals surface area contributed by atoms with Crippen molar-refractivity contribution in [3.05, 3.63) is 29.9 Å². The van der Waals surface area contributed by atoms with Crippen molar-refractivity contribution in [3.8, 4) is 16.8 Å². The van der Waals surface area contributed by atoms with E-state index in [1.165, 1.54) is 0 Å². The van der Waals surface area contributed by atoms with Gasteiger partial charge in [0.25, 0.3) is 0 Å². The fourth-order valence-corrected chi connectivity index (χ4v) is 3.23. The Morgan fingerprint density at radius 1 is 1.60 bits per heavy atom. The zero-order valence-corrected chi connectivity index (χ0v) is 12.9. The van der Waals surface area contributed by atoms with Crippen LogP contribution < -0.4 is 5.32 Å². The predicted molar refractivity (Wildman–Crippen MR) is 82.6 cm³/mol. The van der Waals surface area contributed by atoms with Crippen LogP contribution in [0.5, 0.6) is 0 Å². The minimum absolute atomic E-state index is 0.207. The number of rotatable bonds is 6. The van der Waals surface area contributed by atoms with E-state index < -0.39 is 5.54 Å². The monoisotopic (exact) mass is 288 g/mol. The van der Waals surface area contributed by atoms with Crippen molar-refractivity contribution in [3.63, 3.8) is 0 Å². The van der Waals surface area contributed by atoms with E-state index in [1.54, 1.807) is 11.3 Å². The van der Waals surface area contributed by atoms with Crippen LogP contribution in [0.2, 0.25) is 0 Å². The normalized spacial score (nSPS) is 15.5. The Morgan fingerprint density at radius 3 is 3.00 bits per heavy atom. The molecule has 0 saturated carbocycles. The number of hydrogen-bond acceptors (Lipinski definition) is 4. The highest BCUT2D eigenvalue weighted by molar-refractivity contribution is 7.13. The molecule has 2 rings (SSSR count). The van der Waals surface area contributed by atoms with Gasteiger partial charge in [-0.3, -0.25) is 5.32 Å². The van der Waals surface area contributed by atoms with Gasteiger partial charge in [0.05, 0.1) is 10.9 Å². The van der Waals surface area contributed by atoms with E-state index in [9.17, 15) is 5.26 Å². The lowest BCUT2D eigenvalue weighted by atomic mass is 9.95. The van der Waals surface area contributed by atoms with E-state index in [-0.39, 0.29) is 6.04 Å². The van der Waals surface area contributed by atoms with Gasteiger partial charge < -0.3 is 4.57 Å². The third-order valence-corrected chi connectivity index (χ3v) is 4.27. The van der Waals surface area contributed by atoms with Gasteiger partial charge in [-0.15, -0.1) is 11.3 Å². The molecule has 0 aliphatic carbocycles. The summed E-state index contributed by atoms with van der Waals surface area (Å²) in [7, 11) is 0. The maximum Gasteiger partial charge on any atom is 0.150 e. The summed E-state index contributed by atoms with van der Waals surface area (Å²) >= 11 is 1.68. The third kappa shape index (κ3) is 3.09. The van der Waals surface area contributed by atoms with Crippen LogP contribution in [0.3, 0.4) is 0 Å². The molecule has 0 fully saturated rings. The lowest BCUT2D eigenvalue weighted by Gasteiger charge is -2.27. The van der Waals surface area contributed by atoms with Crippen molar-refractivity contribution in [2.24, 2.45) is 0 Å². The summed E-state index contributed by atoms with van der Waals surface area (Å²) < 4.78 is 2.15. The first-order chi connectivity index (χ1) is 9.59. The van der Waals surface area contributed by atoms with Gasteiger partial charge in [0.15, 0.2) is 0 Å². The summed E-state index contributed by atoms with van der Waals surface area (Å²) in [6.07, 6.45) is 4.55. The van der Waals surface area contributed by atoms with Crippen molar-refractivity contribution in [1.82, 2.24) is 14.9 Å². The van der Waals surface area contributed by atoms with Gasteiger partial charge in [-0.1, -0.05) is 13.0 Å². The topological polar surface area (TPSA) is 53.6 Å². The number of nitriles is 1. The minimum atomic E-state index is -0.509. The fraction of sp³-hybridized carbons (Fsp3) is 0.467. The maximum absolute atomic E-state index is 9.38. The number of hydrogen-bond donors (Lipinski definition) is 1. The van der Waals surface area contributed by atoms with Crippen molar-refractivity contribution in [2.45, 2.75) is 38.8 Å². The molecule has 2 unspecified atom stereocenters. The van der Waals surface area contributed by atoms with Gasteiger partial charge in [-0.05, 0) is 38.3 Å². The van der Waals surface area contributed by atoms with Crippen LogP contribution in [0.4, 0.5) is 0 Å². The summed E-state index contributed by atoms with van der Waals surface area (Å²) in [4.78, 5) is 5.61. The van der Waals surface area contributed by atoms with E-state index in [4.69, 9.17) is 0 Å². The first kappa shape index (κ1) is 14.8. The molecule has 0 bridgehead atoms. The van der Waals surface area contributed by atoms with Crippen LogP contribution in [-0.2, 0) is 0 Å². The van der Waals surface area contributed by atoms with Crippen molar-refractivity contribution >= 4 is 11.3 Å². The molecule has 20 heavy (non-hydrogen) atoms. The standard InChI is InChI=1S/C15H20N4S/c1-4-18-15(3,11-16)10-12(2)19-8-7-17-14(19)13-6-5-9-20-13/h5-9,12,18H,4,10H2,1-3H3. The van der Waals surface area contributed by atoms with E-state index in [1.807, 2.05) is 32.3 Å². The molecule has 0 aliphatic heterocycles. The number of imidazole rings is 1. The third-order valence-electron chi connectivity index (χ3n) is 3.40. The van der Waals surface area contributed by atoms with Gasteiger partial charge in [-0.2, -0.15) is 5.26 Å². The molecule has 0 spiro atoms. The lowest BCUT2D eigenvalue weighted by molar-refractivity contribution is 0.355. The van der Waals surface area contributed by atoms with Crippen molar-refractivity contribution < 1.29 is 0 Å². The molecule has 106 valence electrons. The van der Waals surface area contributed by atoms with Crippen LogP contribution in [0.25, 0.3) is 10.7 Å². The molecule has 5 heteroatoms. The first-order valence-corrected chi connectivity index (χ1v) is 7.70. The van der Waals surface area contributed by atoms with Crippen LogP contribution in [0, 0.1) is 11.3 Å². The number of aromatic nitrogens is 2. The predicted octanol–water partition coefficient (Wildman–Crippen LogP) is 3.45. The summed E-state index contributed by atoms with van der Waals surface area (Å²) in [5, 5.41) is 14.7. The molecule has 0 aromatic carbocycles. The Morgan fingerprint density at radius 2 is 2.40 bits per heavy atom. The van der Waals surface area contributed by atoms with Gasteiger partial charge in [0.1, 0.15) is 11.4 Å². The van der Waals surface area contributed by atoms with E-state index >= 15 is 0 Å². The molecule has 0 amide bonds. The van der Waals surface area contributed by atoms with Gasteiger partial charge in [-0.25, -0.2) is 4.98 Å². The highest BCUT2D eigenvalue weighted by atomic mass is 32.1. The average Bonchev–Trinajstić information content (AvgIpc) is 3.09. The van der Waals surface area contributed by atoms with Crippen molar-refractivity contribution in [2.75, 3.05) is 6.54 Å². The highest BCUT2D eigenvalue weighted by Crippen LogP contribution is 2.28. The molecule has 2 heterocycles. The summed E-state index contributed by atoms with van der Waals surface area (Å²) in [5.41, 5.74) is -0.509. The summed E-state index contributed by atoms with van der Waals surface area (Å²) in [6.45, 7) is 6.90. The molecule has 2 atom stereocenters. The highest BCUT2D eigenvalue weighted by Gasteiger charge is 2.26. The second kappa shape index (κ2) is 6.21. The number of thiophene rings is 1. The van der Waals surface area contributed by atoms with Crippen LogP contribution in [-0.4, -0.2) is 21.6 Å². The Balaban J connectivity index is 2.21. The van der Waals surface area contributed by atoms with Gasteiger partial charge in [0, 0.05) is 18.4 Å². The Bertz CT molecular complexity index is 581. The zero-order chi connectivity index (χ0) is 14.6. The Hall–Kier alpha value is -1.64. The fourth-order valence-electron chi connectivity index (χ4n) is 2.50. The van der Waals surface area contributed by atoms with Gasteiger partial charge >= 0.3 is 0 Å². The molecule has 2 aromatic rings. The van der Waals surface area contributed by atoms with Crippen LogP contribution in [0.15, 0.2) is 29.9 Å². The van der Waals surface area contributed by atoms with Crippen LogP contribution in [0.1, 0.15) is 33.2 Å². The molecular weight excluding hydrogens is 268 g/mol. The summed E-state index contributed by atoms with van der Waals surface area (Å²) in [6, 6.07) is 6.69. The molecule has 0 aliphatic rings. The largest absolute Gasteiger partial charge is 0.327 e. The SMILES string of the molecule is CCNC(C)(C#N)CC(C)n1ccnc1-c1cccs1. The van der Waals surface area contributed by atoms with E-state index in [2.05, 4.69) is 39.3 Å². The maximum atomic E-state index is 9.38. The van der Waals surface area contributed by atoms with Crippen molar-refractivity contribution in [1.29, 1.82) is 5.26 Å². The number of nitrogens with zero attached hydrogens (tertiary/aromatic N) is 3. The van der Waals surface area contributed by atoms with Crippen LogP contribution >= 0.6 is 11.3 Å². The molecule has 1 N–H and O–H groups in total. The molecule has 0 saturated heterocycles. The smallest absolute Gasteiger partial charge is 0.150 e. The first-order valence-electron chi connectivity index (χ1n) is 6.82. The molecule has 2 aromatic heterocycles.